The van der Waals surface area contributed by atoms with Crippen LogP contribution in [0.15, 0.2) is 48.8 Å². The van der Waals surface area contributed by atoms with Crippen LogP contribution in [-0.2, 0) is 9.53 Å². The minimum absolute atomic E-state index is 0.0844. The summed E-state index contributed by atoms with van der Waals surface area (Å²) in [5, 5.41) is 2.91. The Hall–Kier alpha value is -3.33. The number of anilines is 1. The summed E-state index contributed by atoms with van der Waals surface area (Å²) in [5.41, 5.74) is 0.563. The fourth-order valence-corrected chi connectivity index (χ4v) is 3.98. The van der Waals surface area contributed by atoms with Crippen molar-refractivity contribution in [2.45, 2.75) is 25.5 Å². The lowest BCUT2D eigenvalue weighted by Gasteiger charge is -2.32. The van der Waals surface area contributed by atoms with Gasteiger partial charge < -0.3 is 29.3 Å². The fourth-order valence-electron chi connectivity index (χ4n) is 3.98. The van der Waals surface area contributed by atoms with E-state index in [-0.39, 0.29) is 24.6 Å². The molecule has 0 spiro atoms. The van der Waals surface area contributed by atoms with E-state index in [4.69, 9.17) is 14.2 Å². The molecule has 2 saturated heterocycles. The SMILES string of the molecule is CCOc1ccccc1NC(=O)N1C[C@H](Oc2cccnc2)C[C@@H]1C(=O)N1CCOCC1. The van der Waals surface area contributed by atoms with E-state index in [9.17, 15) is 9.59 Å². The predicted octanol–water partition coefficient (Wildman–Crippen LogP) is 2.39. The smallest absolute Gasteiger partial charge is 0.322 e. The van der Waals surface area contributed by atoms with Crippen LogP contribution in [0.1, 0.15) is 13.3 Å². The molecule has 1 aromatic carbocycles. The Labute approximate surface area is 187 Å². The molecule has 9 nitrogen and oxygen atoms in total. The molecular weight excluding hydrogens is 412 g/mol. The van der Waals surface area contributed by atoms with Gasteiger partial charge in [0.1, 0.15) is 23.6 Å². The highest BCUT2D eigenvalue weighted by Crippen LogP contribution is 2.28. The second-order valence-electron chi connectivity index (χ2n) is 7.63. The summed E-state index contributed by atoms with van der Waals surface area (Å²) in [6.07, 6.45) is 3.38. The summed E-state index contributed by atoms with van der Waals surface area (Å²) in [6.45, 7) is 4.70. The van der Waals surface area contributed by atoms with Gasteiger partial charge in [-0.3, -0.25) is 9.78 Å². The Morgan fingerprint density at radius 3 is 2.75 bits per heavy atom. The monoisotopic (exact) mass is 440 g/mol. The molecule has 0 unspecified atom stereocenters. The number of carbonyl (C=O) groups excluding carboxylic acids is 2. The maximum absolute atomic E-state index is 13.3. The van der Waals surface area contributed by atoms with E-state index in [1.54, 1.807) is 40.4 Å². The Bertz CT molecular complexity index is 920. The Morgan fingerprint density at radius 2 is 2.00 bits per heavy atom. The first-order chi connectivity index (χ1) is 15.7. The number of pyridine rings is 1. The summed E-state index contributed by atoms with van der Waals surface area (Å²) < 4.78 is 17.0. The van der Waals surface area contributed by atoms with Crippen molar-refractivity contribution in [1.82, 2.24) is 14.8 Å². The summed E-state index contributed by atoms with van der Waals surface area (Å²) in [4.78, 5) is 33.9. The second kappa shape index (κ2) is 10.3. The van der Waals surface area contributed by atoms with Crippen LogP contribution < -0.4 is 14.8 Å². The number of urea groups is 1. The van der Waals surface area contributed by atoms with E-state index in [0.717, 1.165) is 0 Å². The third-order valence-electron chi connectivity index (χ3n) is 5.50. The molecule has 170 valence electrons. The van der Waals surface area contributed by atoms with E-state index in [2.05, 4.69) is 10.3 Å². The lowest BCUT2D eigenvalue weighted by Crippen LogP contribution is -2.51. The van der Waals surface area contributed by atoms with E-state index in [1.165, 1.54) is 0 Å². The zero-order chi connectivity index (χ0) is 22.3. The molecule has 2 aromatic rings. The van der Waals surface area contributed by atoms with Crippen molar-refractivity contribution in [3.05, 3.63) is 48.8 Å². The summed E-state index contributed by atoms with van der Waals surface area (Å²) in [7, 11) is 0. The number of aromatic nitrogens is 1. The van der Waals surface area contributed by atoms with Gasteiger partial charge in [0.2, 0.25) is 5.91 Å². The number of para-hydroxylation sites is 2. The highest BCUT2D eigenvalue weighted by Gasteiger charge is 2.43. The number of amides is 3. The van der Waals surface area contributed by atoms with Gasteiger partial charge in [-0.2, -0.15) is 0 Å². The molecule has 2 fully saturated rings. The first-order valence-corrected chi connectivity index (χ1v) is 10.9. The topological polar surface area (TPSA) is 93.2 Å². The summed E-state index contributed by atoms with van der Waals surface area (Å²) in [6, 6.07) is 9.87. The van der Waals surface area contributed by atoms with Crippen molar-refractivity contribution < 1.29 is 23.8 Å². The van der Waals surface area contributed by atoms with E-state index < -0.39 is 6.04 Å². The van der Waals surface area contributed by atoms with Crippen molar-refractivity contribution in [2.75, 3.05) is 44.8 Å². The number of carbonyl (C=O) groups is 2. The molecule has 3 heterocycles. The van der Waals surface area contributed by atoms with E-state index in [0.29, 0.717) is 56.5 Å². The van der Waals surface area contributed by atoms with Crippen LogP contribution in [0.25, 0.3) is 0 Å². The van der Waals surface area contributed by atoms with Crippen molar-refractivity contribution in [2.24, 2.45) is 0 Å². The Morgan fingerprint density at radius 1 is 1.19 bits per heavy atom. The molecule has 0 saturated carbocycles. The Kier molecular flexibility index (Phi) is 7.06. The molecule has 0 radical (unpaired) electrons. The molecule has 2 aliphatic rings. The maximum Gasteiger partial charge on any atom is 0.322 e. The molecule has 32 heavy (non-hydrogen) atoms. The van der Waals surface area contributed by atoms with Crippen LogP contribution in [-0.4, -0.2) is 78.3 Å². The maximum atomic E-state index is 13.3. The number of benzene rings is 1. The van der Waals surface area contributed by atoms with E-state index >= 15 is 0 Å². The third kappa shape index (κ3) is 5.11. The zero-order valence-electron chi connectivity index (χ0n) is 18.1. The number of morpholine rings is 1. The van der Waals surface area contributed by atoms with Gasteiger partial charge in [-0.05, 0) is 31.2 Å². The number of ether oxygens (including phenoxy) is 3. The normalized spacial score (nSPS) is 20.7. The van der Waals surface area contributed by atoms with Crippen LogP contribution in [0.4, 0.5) is 10.5 Å². The molecular formula is C23H28N4O5. The summed E-state index contributed by atoms with van der Waals surface area (Å²) >= 11 is 0. The van der Waals surface area contributed by atoms with E-state index in [1.807, 2.05) is 25.1 Å². The molecule has 3 amide bonds. The average Bonchev–Trinajstić information content (AvgIpc) is 3.25. The van der Waals surface area contributed by atoms with Gasteiger partial charge in [-0.1, -0.05) is 12.1 Å². The average molecular weight is 441 g/mol. The van der Waals surface area contributed by atoms with Crippen LogP contribution in [0, 0.1) is 0 Å². The minimum Gasteiger partial charge on any atom is -0.492 e. The number of nitrogens with one attached hydrogen (secondary N) is 1. The van der Waals surface area contributed by atoms with Crippen molar-refractivity contribution >= 4 is 17.6 Å². The van der Waals surface area contributed by atoms with Gasteiger partial charge in [0.25, 0.3) is 0 Å². The number of hydrogen-bond donors (Lipinski definition) is 1. The first-order valence-electron chi connectivity index (χ1n) is 10.9. The van der Waals surface area contributed by atoms with Crippen molar-refractivity contribution in [1.29, 1.82) is 0 Å². The van der Waals surface area contributed by atoms with Crippen molar-refractivity contribution in [3.8, 4) is 11.5 Å². The second-order valence-corrected chi connectivity index (χ2v) is 7.63. The van der Waals surface area contributed by atoms with Gasteiger partial charge in [0.15, 0.2) is 0 Å². The number of hydrogen-bond acceptors (Lipinski definition) is 6. The number of likely N-dealkylation sites (tertiary alicyclic amines) is 1. The van der Waals surface area contributed by atoms with Crippen molar-refractivity contribution in [3.63, 3.8) is 0 Å². The Balaban J connectivity index is 1.52. The van der Waals surface area contributed by atoms with Gasteiger partial charge in [-0.15, -0.1) is 0 Å². The molecule has 4 rings (SSSR count). The van der Waals surface area contributed by atoms with Gasteiger partial charge >= 0.3 is 6.03 Å². The van der Waals surface area contributed by atoms with Crippen LogP contribution in [0.2, 0.25) is 0 Å². The highest BCUT2D eigenvalue weighted by molar-refractivity contribution is 5.95. The lowest BCUT2D eigenvalue weighted by atomic mass is 10.1. The largest absolute Gasteiger partial charge is 0.492 e. The molecule has 2 aliphatic heterocycles. The van der Waals surface area contributed by atoms with Crippen LogP contribution in [0.5, 0.6) is 11.5 Å². The number of nitrogens with zero attached hydrogens (tertiary/aromatic N) is 3. The van der Waals surface area contributed by atoms with Crippen LogP contribution in [0.3, 0.4) is 0 Å². The lowest BCUT2D eigenvalue weighted by molar-refractivity contribution is -0.139. The molecule has 1 aromatic heterocycles. The molecule has 1 N–H and O–H groups in total. The third-order valence-corrected chi connectivity index (χ3v) is 5.50. The fraction of sp³-hybridized carbons (Fsp3) is 0.435. The van der Waals surface area contributed by atoms with Gasteiger partial charge in [-0.25, -0.2) is 4.79 Å². The van der Waals surface area contributed by atoms with Gasteiger partial charge in [0.05, 0.1) is 38.2 Å². The molecule has 0 aliphatic carbocycles. The first kappa shape index (κ1) is 21.9. The molecule has 2 atom stereocenters. The standard InChI is InChI=1S/C23H28N4O5/c1-2-31-21-8-4-3-7-19(21)25-23(29)27-16-18(32-17-6-5-9-24-15-17)14-20(27)22(28)26-10-12-30-13-11-26/h3-9,15,18,20H,2,10-14,16H2,1H3,(H,25,29)/t18-,20-/m1/s1. The van der Waals surface area contributed by atoms with Crippen LogP contribution >= 0.6 is 0 Å². The predicted molar refractivity (Wildman–Crippen MR) is 118 cm³/mol. The summed E-state index contributed by atoms with van der Waals surface area (Å²) in [5.74, 6) is 1.11. The quantitative estimate of drug-likeness (QED) is 0.742. The van der Waals surface area contributed by atoms with Gasteiger partial charge in [0, 0.05) is 25.7 Å². The zero-order valence-corrected chi connectivity index (χ0v) is 18.1. The molecule has 9 heteroatoms. The number of rotatable bonds is 6. The minimum atomic E-state index is -0.617. The highest BCUT2D eigenvalue weighted by atomic mass is 16.5. The molecule has 0 bridgehead atoms.